The van der Waals surface area contributed by atoms with Crippen LogP contribution in [0.1, 0.15) is 21.5 Å². The number of aliphatic hydroxyl groups is 1. The fraction of sp³-hybridized carbons (Fsp3) is 0.120. The second-order valence-corrected chi connectivity index (χ2v) is 7.12. The summed E-state index contributed by atoms with van der Waals surface area (Å²) < 4.78 is 7.01. The number of ether oxygens (including phenoxy) is 1. The number of hydrogen-bond acceptors (Lipinski definition) is 4. The number of nitrogens with one attached hydrogen (secondary N) is 1. The van der Waals surface area contributed by atoms with E-state index in [9.17, 15) is 9.90 Å². The lowest BCUT2D eigenvalue weighted by Gasteiger charge is -2.07. The number of aliphatic hydroxyl groups excluding tert-OH is 1. The zero-order chi connectivity index (χ0) is 21.6. The van der Waals surface area contributed by atoms with Crippen molar-refractivity contribution in [2.75, 3.05) is 12.4 Å². The van der Waals surface area contributed by atoms with Crippen molar-refractivity contribution in [2.24, 2.45) is 0 Å². The van der Waals surface area contributed by atoms with Crippen molar-refractivity contribution in [2.45, 2.75) is 13.2 Å². The molecular weight excluding hydrogens is 390 g/mol. The van der Waals surface area contributed by atoms with Crippen LogP contribution in [0.5, 0.6) is 5.75 Å². The molecule has 1 aromatic heterocycles. The summed E-state index contributed by atoms with van der Waals surface area (Å²) in [6, 6.07) is 24.6. The van der Waals surface area contributed by atoms with E-state index in [1.54, 1.807) is 42.3 Å². The van der Waals surface area contributed by atoms with Crippen LogP contribution in [0.4, 0.5) is 5.69 Å². The Bertz CT molecular complexity index is 1170. The molecule has 156 valence electrons. The fourth-order valence-electron chi connectivity index (χ4n) is 3.35. The number of amides is 1. The largest absolute Gasteiger partial charge is 0.497 e. The maximum atomic E-state index is 13.1. The number of anilines is 1. The molecule has 4 aromatic rings. The Morgan fingerprint density at radius 3 is 2.45 bits per heavy atom. The first-order valence-electron chi connectivity index (χ1n) is 9.93. The molecule has 0 spiro atoms. The molecule has 6 nitrogen and oxygen atoms in total. The third-order valence-corrected chi connectivity index (χ3v) is 4.92. The van der Waals surface area contributed by atoms with E-state index in [1.165, 1.54) is 0 Å². The Labute approximate surface area is 180 Å². The standard InChI is InChI=1S/C25H23N3O3/c1-31-22-12-10-20(11-13-22)24-23(16-28(27-24)15-18-6-3-2-4-7-18)25(30)26-21-9-5-8-19(14-21)17-29/h2-14,16,29H,15,17H2,1H3,(H,26,30). The molecule has 0 bridgehead atoms. The summed E-state index contributed by atoms with van der Waals surface area (Å²) in [4.78, 5) is 13.1. The molecule has 1 heterocycles. The number of aromatic nitrogens is 2. The Balaban J connectivity index is 1.68. The first-order chi connectivity index (χ1) is 15.2. The summed E-state index contributed by atoms with van der Waals surface area (Å²) in [5.74, 6) is 0.472. The normalized spacial score (nSPS) is 10.6. The molecule has 0 saturated carbocycles. The maximum absolute atomic E-state index is 13.1. The third-order valence-electron chi connectivity index (χ3n) is 4.92. The zero-order valence-corrected chi connectivity index (χ0v) is 17.2. The minimum atomic E-state index is -0.264. The molecule has 0 saturated heterocycles. The van der Waals surface area contributed by atoms with Crippen LogP contribution < -0.4 is 10.1 Å². The highest BCUT2D eigenvalue weighted by atomic mass is 16.5. The molecule has 4 rings (SSSR count). The van der Waals surface area contributed by atoms with Gasteiger partial charge in [0, 0.05) is 17.4 Å². The van der Waals surface area contributed by atoms with Crippen LogP contribution in [-0.2, 0) is 13.2 Å². The van der Waals surface area contributed by atoms with Gasteiger partial charge >= 0.3 is 0 Å². The molecular formula is C25H23N3O3. The van der Waals surface area contributed by atoms with Gasteiger partial charge in [-0.3, -0.25) is 9.48 Å². The van der Waals surface area contributed by atoms with Gasteiger partial charge in [-0.05, 0) is 47.5 Å². The minimum Gasteiger partial charge on any atom is -0.497 e. The van der Waals surface area contributed by atoms with E-state index in [1.807, 2.05) is 54.6 Å². The quantitative estimate of drug-likeness (QED) is 0.472. The van der Waals surface area contributed by atoms with E-state index in [2.05, 4.69) is 5.32 Å². The Kier molecular flexibility index (Phi) is 6.10. The monoisotopic (exact) mass is 413 g/mol. The van der Waals surface area contributed by atoms with Crippen LogP contribution in [0.15, 0.2) is 85.1 Å². The summed E-state index contributed by atoms with van der Waals surface area (Å²) in [7, 11) is 1.61. The van der Waals surface area contributed by atoms with E-state index in [0.29, 0.717) is 23.5 Å². The smallest absolute Gasteiger partial charge is 0.259 e. The molecule has 0 atom stereocenters. The molecule has 0 aliphatic heterocycles. The van der Waals surface area contributed by atoms with Crippen molar-refractivity contribution in [1.29, 1.82) is 0 Å². The molecule has 2 N–H and O–H groups in total. The number of carbonyl (C=O) groups is 1. The summed E-state index contributed by atoms with van der Waals surface area (Å²) in [5.41, 5.74) is 4.32. The van der Waals surface area contributed by atoms with Crippen LogP contribution in [0.25, 0.3) is 11.3 Å². The van der Waals surface area contributed by atoms with Gasteiger partial charge in [0.25, 0.3) is 5.91 Å². The average molecular weight is 413 g/mol. The molecule has 0 fully saturated rings. The highest BCUT2D eigenvalue weighted by Crippen LogP contribution is 2.26. The third kappa shape index (κ3) is 4.82. The first kappa shape index (κ1) is 20.4. The van der Waals surface area contributed by atoms with Crippen LogP contribution in [-0.4, -0.2) is 27.9 Å². The molecule has 31 heavy (non-hydrogen) atoms. The topological polar surface area (TPSA) is 76.4 Å². The number of methoxy groups -OCH3 is 1. The summed E-state index contributed by atoms with van der Waals surface area (Å²) in [6.45, 7) is 0.465. The summed E-state index contributed by atoms with van der Waals surface area (Å²) >= 11 is 0. The number of nitrogens with zero attached hydrogens (tertiary/aromatic N) is 2. The number of carbonyl (C=O) groups excluding carboxylic acids is 1. The highest BCUT2D eigenvalue weighted by molar-refractivity contribution is 6.08. The molecule has 3 aromatic carbocycles. The van der Waals surface area contributed by atoms with Crippen molar-refractivity contribution in [3.63, 3.8) is 0 Å². The lowest BCUT2D eigenvalue weighted by atomic mass is 10.1. The van der Waals surface area contributed by atoms with E-state index in [-0.39, 0.29) is 12.5 Å². The lowest BCUT2D eigenvalue weighted by Crippen LogP contribution is -2.12. The summed E-state index contributed by atoms with van der Waals surface area (Å²) in [6.07, 6.45) is 1.76. The van der Waals surface area contributed by atoms with Crippen LogP contribution in [0, 0.1) is 0 Å². The zero-order valence-electron chi connectivity index (χ0n) is 17.2. The van der Waals surface area contributed by atoms with Gasteiger partial charge in [-0.2, -0.15) is 5.10 Å². The number of rotatable bonds is 7. The van der Waals surface area contributed by atoms with E-state index < -0.39 is 0 Å². The first-order valence-corrected chi connectivity index (χ1v) is 9.93. The Morgan fingerprint density at radius 1 is 1.00 bits per heavy atom. The van der Waals surface area contributed by atoms with Crippen molar-refractivity contribution >= 4 is 11.6 Å². The van der Waals surface area contributed by atoms with Gasteiger partial charge in [-0.1, -0.05) is 42.5 Å². The molecule has 1 amide bonds. The minimum absolute atomic E-state index is 0.0875. The van der Waals surface area contributed by atoms with Crippen molar-refractivity contribution in [1.82, 2.24) is 9.78 Å². The lowest BCUT2D eigenvalue weighted by molar-refractivity contribution is 0.102. The second kappa shape index (κ2) is 9.28. The highest BCUT2D eigenvalue weighted by Gasteiger charge is 2.19. The predicted molar refractivity (Wildman–Crippen MR) is 120 cm³/mol. The van der Waals surface area contributed by atoms with Gasteiger partial charge in [0.1, 0.15) is 11.4 Å². The molecule has 0 aliphatic carbocycles. The molecule has 0 unspecified atom stereocenters. The average Bonchev–Trinajstić information content (AvgIpc) is 3.24. The fourth-order valence-corrected chi connectivity index (χ4v) is 3.35. The number of hydrogen-bond donors (Lipinski definition) is 2. The van der Waals surface area contributed by atoms with Crippen LogP contribution >= 0.6 is 0 Å². The summed E-state index contributed by atoms with van der Waals surface area (Å²) in [5, 5.41) is 17.0. The van der Waals surface area contributed by atoms with E-state index >= 15 is 0 Å². The SMILES string of the molecule is COc1ccc(-c2nn(Cc3ccccc3)cc2C(=O)Nc2cccc(CO)c2)cc1. The van der Waals surface area contributed by atoms with Gasteiger partial charge in [-0.25, -0.2) is 0 Å². The van der Waals surface area contributed by atoms with E-state index in [0.717, 1.165) is 22.4 Å². The van der Waals surface area contributed by atoms with Gasteiger partial charge in [0.15, 0.2) is 0 Å². The van der Waals surface area contributed by atoms with Gasteiger partial charge in [0.2, 0.25) is 0 Å². The van der Waals surface area contributed by atoms with Crippen molar-refractivity contribution in [3.8, 4) is 17.0 Å². The Morgan fingerprint density at radius 2 is 1.74 bits per heavy atom. The van der Waals surface area contributed by atoms with Gasteiger partial charge in [0.05, 0.1) is 25.8 Å². The van der Waals surface area contributed by atoms with Gasteiger partial charge in [-0.15, -0.1) is 0 Å². The van der Waals surface area contributed by atoms with Crippen molar-refractivity contribution in [3.05, 3.63) is 102 Å². The molecule has 0 radical (unpaired) electrons. The van der Waals surface area contributed by atoms with Crippen LogP contribution in [0.3, 0.4) is 0 Å². The van der Waals surface area contributed by atoms with Crippen LogP contribution in [0.2, 0.25) is 0 Å². The van der Waals surface area contributed by atoms with E-state index in [4.69, 9.17) is 9.84 Å². The van der Waals surface area contributed by atoms with Gasteiger partial charge < -0.3 is 15.2 Å². The molecule has 6 heteroatoms. The molecule has 0 aliphatic rings. The predicted octanol–water partition coefficient (Wildman–Crippen LogP) is 4.35. The Hall–Kier alpha value is -3.90. The number of benzene rings is 3. The maximum Gasteiger partial charge on any atom is 0.259 e. The second-order valence-electron chi connectivity index (χ2n) is 7.12. The van der Waals surface area contributed by atoms with Crippen molar-refractivity contribution < 1.29 is 14.6 Å².